The number of hydrogen-bond donors (Lipinski definition) is 1. The first-order valence-electron chi connectivity index (χ1n) is 9.26. The van der Waals surface area contributed by atoms with E-state index in [0.717, 1.165) is 29.0 Å². The lowest BCUT2D eigenvalue weighted by Gasteiger charge is -2.17. The van der Waals surface area contributed by atoms with Crippen molar-refractivity contribution >= 4 is 22.6 Å². The minimum Gasteiger partial charge on any atom is -0.493 e. The van der Waals surface area contributed by atoms with Gasteiger partial charge in [0.1, 0.15) is 5.82 Å². The van der Waals surface area contributed by atoms with Gasteiger partial charge in [0.25, 0.3) is 0 Å². The molecular formula is C21H26ClN3O2. The smallest absolute Gasteiger partial charge is 0.179 e. The quantitative estimate of drug-likeness (QED) is 0.593. The molecule has 0 radical (unpaired) electrons. The highest BCUT2D eigenvalue weighted by Crippen LogP contribution is 2.36. The number of nitrogens with one attached hydrogen (secondary N) is 1. The lowest BCUT2D eigenvalue weighted by Crippen LogP contribution is -2.21. The molecule has 0 saturated carbocycles. The zero-order valence-electron chi connectivity index (χ0n) is 16.3. The van der Waals surface area contributed by atoms with Gasteiger partial charge >= 0.3 is 0 Å². The zero-order valence-corrected chi connectivity index (χ0v) is 17.0. The summed E-state index contributed by atoms with van der Waals surface area (Å²) in [6.07, 6.45) is 0. The van der Waals surface area contributed by atoms with E-state index in [4.69, 9.17) is 26.1 Å². The molecule has 5 nitrogen and oxygen atoms in total. The van der Waals surface area contributed by atoms with Gasteiger partial charge in [-0.1, -0.05) is 23.7 Å². The molecular weight excluding hydrogens is 362 g/mol. The first-order valence-corrected chi connectivity index (χ1v) is 9.64. The maximum Gasteiger partial charge on any atom is 0.179 e. The van der Waals surface area contributed by atoms with Crippen LogP contribution in [0.15, 0.2) is 36.4 Å². The third kappa shape index (κ3) is 4.04. The van der Waals surface area contributed by atoms with Crippen molar-refractivity contribution in [3.8, 4) is 11.5 Å². The highest BCUT2D eigenvalue weighted by Gasteiger charge is 2.16. The summed E-state index contributed by atoms with van der Waals surface area (Å²) in [5, 5.41) is 4.10. The van der Waals surface area contributed by atoms with Gasteiger partial charge in [-0.3, -0.25) is 0 Å². The number of fused-ring (bicyclic) bond motifs is 1. The largest absolute Gasteiger partial charge is 0.493 e. The monoisotopic (exact) mass is 387 g/mol. The molecule has 1 atom stereocenters. The summed E-state index contributed by atoms with van der Waals surface area (Å²) in [4.78, 5) is 4.82. The lowest BCUT2D eigenvalue weighted by molar-refractivity contribution is 0.311. The van der Waals surface area contributed by atoms with E-state index < -0.39 is 0 Å². The van der Waals surface area contributed by atoms with Crippen molar-refractivity contribution in [1.82, 2.24) is 14.9 Å². The van der Waals surface area contributed by atoms with Crippen molar-refractivity contribution in [1.29, 1.82) is 0 Å². The van der Waals surface area contributed by atoms with Crippen molar-refractivity contribution in [2.75, 3.05) is 13.7 Å². The molecule has 1 heterocycles. The van der Waals surface area contributed by atoms with Crippen LogP contribution in [0.5, 0.6) is 11.5 Å². The van der Waals surface area contributed by atoms with Crippen LogP contribution < -0.4 is 14.8 Å². The van der Waals surface area contributed by atoms with Crippen LogP contribution in [0.2, 0.25) is 5.02 Å². The molecule has 0 amide bonds. The minimum atomic E-state index is 0.0914. The predicted molar refractivity (Wildman–Crippen MR) is 110 cm³/mol. The summed E-state index contributed by atoms with van der Waals surface area (Å²) >= 11 is 6.38. The molecule has 1 unspecified atom stereocenters. The van der Waals surface area contributed by atoms with Gasteiger partial charge in [-0.25, -0.2) is 4.98 Å². The first-order chi connectivity index (χ1) is 13.1. The molecule has 3 rings (SSSR count). The molecule has 1 N–H and O–H groups in total. The SMILES string of the molecule is CCOc1c(Cl)cc(CNC(C)c2nc3ccccc3n2CC)cc1OC. The second kappa shape index (κ2) is 8.63. The number of ether oxygens (including phenoxy) is 2. The van der Waals surface area contributed by atoms with Gasteiger partial charge in [0.15, 0.2) is 11.5 Å². The molecule has 2 aromatic carbocycles. The van der Waals surface area contributed by atoms with E-state index in [1.54, 1.807) is 7.11 Å². The Morgan fingerprint density at radius 1 is 1.22 bits per heavy atom. The van der Waals surface area contributed by atoms with Gasteiger partial charge in [0, 0.05) is 13.1 Å². The second-order valence-corrected chi connectivity index (χ2v) is 6.75. The fourth-order valence-electron chi connectivity index (χ4n) is 3.28. The maximum absolute atomic E-state index is 6.38. The number of rotatable bonds is 8. The lowest BCUT2D eigenvalue weighted by atomic mass is 10.2. The number of nitrogens with zero attached hydrogens (tertiary/aromatic N) is 2. The summed E-state index contributed by atoms with van der Waals surface area (Å²) in [6.45, 7) is 8.26. The van der Waals surface area contributed by atoms with E-state index in [1.807, 2.05) is 31.2 Å². The topological polar surface area (TPSA) is 48.3 Å². The summed E-state index contributed by atoms with van der Waals surface area (Å²) < 4.78 is 13.3. The number of benzene rings is 2. The van der Waals surface area contributed by atoms with E-state index in [-0.39, 0.29) is 6.04 Å². The second-order valence-electron chi connectivity index (χ2n) is 6.35. The Balaban J connectivity index is 1.80. The summed E-state index contributed by atoms with van der Waals surface area (Å²) in [6, 6.07) is 12.2. The number of imidazole rings is 1. The van der Waals surface area contributed by atoms with Crippen LogP contribution in [0, 0.1) is 0 Å². The average molecular weight is 388 g/mol. The molecule has 3 aromatic rings. The van der Waals surface area contributed by atoms with Crippen molar-refractivity contribution in [3.05, 3.63) is 52.8 Å². The molecule has 27 heavy (non-hydrogen) atoms. The van der Waals surface area contributed by atoms with Gasteiger partial charge in [-0.15, -0.1) is 0 Å². The summed E-state index contributed by atoms with van der Waals surface area (Å²) in [5.74, 6) is 2.27. The average Bonchev–Trinajstić information content (AvgIpc) is 3.06. The predicted octanol–water partition coefficient (Wildman–Crippen LogP) is 4.97. The molecule has 0 aliphatic rings. The fourth-order valence-corrected chi connectivity index (χ4v) is 3.57. The van der Waals surface area contributed by atoms with E-state index in [2.05, 4.69) is 35.9 Å². The van der Waals surface area contributed by atoms with Crippen LogP contribution >= 0.6 is 11.6 Å². The van der Waals surface area contributed by atoms with Gasteiger partial charge in [-0.05, 0) is 50.6 Å². The highest BCUT2D eigenvalue weighted by molar-refractivity contribution is 6.32. The van der Waals surface area contributed by atoms with Crippen LogP contribution in [0.1, 0.15) is 38.2 Å². The van der Waals surface area contributed by atoms with Gasteiger partial charge < -0.3 is 19.4 Å². The van der Waals surface area contributed by atoms with Crippen LogP contribution in [-0.2, 0) is 13.1 Å². The Morgan fingerprint density at radius 3 is 2.70 bits per heavy atom. The third-order valence-electron chi connectivity index (χ3n) is 4.58. The van der Waals surface area contributed by atoms with E-state index in [0.29, 0.717) is 29.7 Å². The Kier molecular flexibility index (Phi) is 6.24. The molecule has 0 bridgehead atoms. The van der Waals surface area contributed by atoms with E-state index in [1.165, 1.54) is 0 Å². The Hall–Kier alpha value is -2.24. The van der Waals surface area contributed by atoms with Crippen LogP contribution in [0.3, 0.4) is 0 Å². The number of halogens is 1. The zero-order chi connectivity index (χ0) is 19.4. The number of hydrogen-bond acceptors (Lipinski definition) is 4. The molecule has 0 saturated heterocycles. The number of aryl methyl sites for hydroxylation is 1. The van der Waals surface area contributed by atoms with Crippen molar-refractivity contribution in [2.24, 2.45) is 0 Å². The number of methoxy groups -OCH3 is 1. The number of aromatic nitrogens is 2. The molecule has 0 aliphatic heterocycles. The van der Waals surface area contributed by atoms with Crippen molar-refractivity contribution in [3.63, 3.8) is 0 Å². The van der Waals surface area contributed by atoms with Crippen LogP contribution in [0.25, 0.3) is 11.0 Å². The first kappa shape index (κ1) is 19.5. The highest BCUT2D eigenvalue weighted by atomic mass is 35.5. The van der Waals surface area contributed by atoms with E-state index in [9.17, 15) is 0 Å². The molecule has 6 heteroatoms. The Labute approximate surface area is 165 Å². The van der Waals surface area contributed by atoms with Crippen LogP contribution in [-0.4, -0.2) is 23.3 Å². The van der Waals surface area contributed by atoms with Crippen molar-refractivity contribution in [2.45, 2.75) is 39.9 Å². The minimum absolute atomic E-state index is 0.0914. The van der Waals surface area contributed by atoms with Gasteiger partial charge in [0.2, 0.25) is 0 Å². The van der Waals surface area contributed by atoms with Gasteiger partial charge in [-0.2, -0.15) is 0 Å². The fraction of sp³-hybridized carbons (Fsp3) is 0.381. The standard InChI is InChI=1S/C21H26ClN3O2/c1-5-25-18-10-8-7-9-17(18)24-21(25)14(3)23-13-15-11-16(22)20(27-6-2)19(12-15)26-4/h7-12,14,23H,5-6,13H2,1-4H3. The molecule has 0 spiro atoms. The molecule has 0 aliphatic carbocycles. The normalized spacial score (nSPS) is 12.3. The summed E-state index contributed by atoms with van der Waals surface area (Å²) in [5.41, 5.74) is 3.22. The Morgan fingerprint density at radius 2 is 2.00 bits per heavy atom. The van der Waals surface area contributed by atoms with Crippen LogP contribution in [0.4, 0.5) is 0 Å². The third-order valence-corrected chi connectivity index (χ3v) is 4.86. The maximum atomic E-state index is 6.38. The molecule has 1 aromatic heterocycles. The number of para-hydroxylation sites is 2. The molecule has 144 valence electrons. The van der Waals surface area contributed by atoms with E-state index >= 15 is 0 Å². The molecule has 0 fully saturated rings. The summed E-state index contributed by atoms with van der Waals surface area (Å²) in [7, 11) is 1.62. The Bertz CT molecular complexity index is 923. The van der Waals surface area contributed by atoms with Crippen molar-refractivity contribution < 1.29 is 9.47 Å². The van der Waals surface area contributed by atoms with Gasteiger partial charge in [0.05, 0.1) is 35.8 Å².